The fraction of sp³-hybridized carbons (Fsp3) is 0.120. The number of nitro benzene ring substituents is 1. The Morgan fingerprint density at radius 2 is 1.82 bits per heavy atom. The molecule has 1 heterocycles. The maximum absolute atomic E-state index is 14.0. The van der Waals surface area contributed by atoms with E-state index in [9.17, 15) is 32.5 Å². The average molecular weight is 559 g/mol. The number of hydrogen-bond acceptors (Lipinski definition) is 9. The van der Waals surface area contributed by atoms with E-state index in [4.69, 9.17) is 8.92 Å². The molecule has 0 N–H and O–H groups in total. The zero-order chi connectivity index (χ0) is 27.6. The lowest BCUT2D eigenvalue weighted by atomic mass is 10.1. The molecule has 3 aromatic rings. The number of halogens is 1. The maximum atomic E-state index is 14.0. The van der Waals surface area contributed by atoms with Crippen LogP contribution in [0.5, 0.6) is 11.5 Å². The van der Waals surface area contributed by atoms with Crippen LogP contribution in [0.25, 0.3) is 6.08 Å². The van der Waals surface area contributed by atoms with Crippen molar-refractivity contribution in [1.29, 1.82) is 0 Å². The fourth-order valence-corrected chi connectivity index (χ4v) is 5.33. The van der Waals surface area contributed by atoms with E-state index < -0.39 is 36.9 Å². The van der Waals surface area contributed by atoms with E-state index in [1.165, 1.54) is 68.6 Å². The van der Waals surface area contributed by atoms with Crippen LogP contribution < -0.4 is 8.92 Å². The minimum absolute atomic E-state index is 0.00507. The number of methoxy groups -OCH3 is 1. The van der Waals surface area contributed by atoms with Crippen LogP contribution in [0.1, 0.15) is 16.7 Å². The SMILES string of the molecule is COc1cc(/C=C2\SC(=O)N(Cc3ccccc3F)C2=O)ccc1OS(=O)(=O)c1ccc(C)c([N+](=O)[O-])c1. The number of carbonyl (C=O) groups excluding carboxylic acids is 2. The van der Waals surface area contributed by atoms with Crippen LogP contribution in [0.2, 0.25) is 0 Å². The molecular formula is C25H19FN2O8S2. The molecule has 38 heavy (non-hydrogen) atoms. The van der Waals surface area contributed by atoms with Gasteiger partial charge in [0, 0.05) is 17.2 Å². The minimum atomic E-state index is -4.45. The molecule has 0 aliphatic carbocycles. The Kier molecular flexibility index (Phi) is 7.51. The molecule has 3 aromatic carbocycles. The number of nitrogens with zero attached hydrogens (tertiary/aromatic N) is 2. The van der Waals surface area contributed by atoms with Crippen molar-refractivity contribution in [3.05, 3.63) is 98.2 Å². The number of amides is 2. The number of rotatable bonds is 8. The number of benzene rings is 3. The molecule has 1 fully saturated rings. The van der Waals surface area contributed by atoms with Gasteiger partial charge in [0.15, 0.2) is 11.5 Å². The van der Waals surface area contributed by atoms with E-state index in [2.05, 4.69) is 0 Å². The average Bonchev–Trinajstić information content (AvgIpc) is 3.13. The first-order valence-electron chi connectivity index (χ1n) is 10.9. The van der Waals surface area contributed by atoms with Crippen LogP contribution in [-0.4, -0.2) is 36.5 Å². The van der Waals surface area contributed by atoms with Crippen molar-refractivity contribution >= 4 is 44.8 Å². The second-order valence-electron chi connectivity index (χ2n) is 8.01. The van der Waals surface area contributed by atoms with E-state index in [1.807, 2.05) is 0 Å². The van der Waals surface area contributed by atoms with Gasteiger partial charge in [-0.2, -0.15) is 8.42 Å². The van der Waals surface area contributed by atoms with Gasteiger partial charge in [0.1, 0.15) is 10.7 Å². The molecule has 10 nitrogen and oxygen atoms in total. The van der Waals surface area contributed by atoms with Gasteiger partial charge in [-0.15, -0.1) is 0 Å². The number of aryl methyl sites for hydroxylation is 1. The Morgan fingerprint density at radius 3 is 2.50 bits per heavy atom. The molecule has 1 aliphatic heterocycles. The van der Waals surface area contributed by atoms with Crippen LogP contribution in [0.15, 0.2) is 70.5 Å². The van der Waals surface area contributed by atoms with Crippen molar-refractivity contribution in [2.45, 2.75) is 18.4 Å². The zero-order valence-corrected chi connectivity index (χ0v) is 21.5. The van der Waals surface area contributed by atoms with Gasteiger partial charge in [-0.3, -0.25) is 24.6 Å². The Morgan fingerprint density at radius 1 is 1.08 bits per heavy atom. The lowest BCUT2D eigenvalue weighted by Gasteiger charge is -2.13. The molecule has 1 saturated heterocycles. The van der Waals surface area contributed by atoms with Crippen LogP contribution in [0, 0.1) is 22.9 Å². The molecule has 0 atom stereocenters. The largest absolute Gasteiger partial charge is 0.493 e. The second-order valence-corrected chi connectivity index (χ2v) is 10.6. The summed E-state index contributed by atoms with van der Waals surface area (Å²) in [5.74, 6) is -1.34. The monoisotopic (exact) mass is 558 g/mol. The van der Waals surface area contributed by atoms with Crippen molar-refractivity contribution in [2.24, 2.45) is 0 Å². The van der Waals surface area contributed by atoms with Crippen molar-refractivity contribution in [3.63, 3.8) is 0 Å². The zero-order valence-electron chi connectivity index (χ0n) is 19.9. The molecule has 0 bridgehead atoms. The minimum Gasteiger partial charge on any atom is -0.493 e. The Balaban J connectivity index is 1.57. The topological polar surface area (TPSA) is 133 Å². The molecule has 0 saturated carbocycles. The van der Waals surface area contributed by atoms with E-state index in [1.54, 1.807) is 6.07 Å². The number of imide groups is 1. The summed E-state index contributed by atoms with van der Waals surface area (Å²) < 4.78 is 50.0. The van der Waals surface area contributed by atoms with Crippen LogP contribution in [-0.2, 0) is 21.5 Å². The third-order valence-electron chi connectivity index (χ3n) is 5.51. The van der Waals surface area contributed by atoms with Crippen LogP contribution >= 0.6 is 11.8 Å². The summed E-state index contributed by atoms with van der Waals surface area (Å²) in [5.41, 5.74) is 0.503. The highest BCUT2D eigenvalue weighted by molar-refractivity contribution is 8.18. The molecule has 196 valence electrons. The molecule has 0 unspecified atom stereocenters. The van der Waals surface area contributed by atoms with E-state index in [0.29, 0.717) is 17.3 Å². The predicted molar refractivity (Wildman–Crippen MR) is 137 cm³/mol. The highest BCUT2D eigenvalue weighted by Gasteiger charge is 2.35. The van der Waals surface area contributed by atoms with Crippen molar-refractivity contribution in [2.75, 3.05) is 7.11 Å². The van der Waals surface area contributed by atoms with E-state index in [0.717, 1.165) is 11.0 Å². The summed E-state index contributed by atoms with van der Waals surface area (Å²) in [6.07, 6.45) is 1.41. The fourth-order valence-electron chi connectivity index (χ4n) is 3.54. The molecular weight excluding hydrogens is 539 g/mol. The van der Waals surface area contributed by atoms with Gasteiger partial charge in [-0.1, -0.05) is 30.3 Å². The first-order valence-corrected chi connectivity index (χ1v) is 13.1. The van der Waals surface area contributed by atoms with Gasteiger partial charge >= 0.3 is 10.1 Å². The molecule has 2 amide bonds. The predicted octanol–water partition coefficient (Wildman–Crippen LogP) is 5.06. The van der Waals surface area contributed by atoms with Crippen LogP contribution in [0.3, 0.4) is 0 Å². The lowest BCUT2D eigenvalue weighted by Crippen LogP contribution is -2.27. The third-order valence-corrected chi connectivity index (χ3v) is 7.65. The summed E-state index contributed by atoms with van der Waals surface area (Å²) in [6.45, 7) is 1.26. The molecule has 0 aromatic heterocycles. The van der Waals surface area contributed by atoms with Gasteiger partial charge in [0.25, 0.3) is 16.8 Å². The number of ether oxygens (including phenoxy) is 1. The molecule has 13 heteroatoms. The number of carbonyl (C=O) groups is 2. The Bertz CT molecular complexity index is 1600. The second kappa shape index (κ2) is 10.6. The van der Waals surface area contributed by atoms with Gasteiger partial charge in [0.2, 0.25) is 0 Å². The van der Waals surface area contributed by atoms with Gasteiger partial charge in [0.05, 0.1) is 23.5 Å². The van der Waals surface area contributed by atoms with E-state index in [-0.39, 0.29) is 39.8 Å². The first-order chi connectivity index (χ1) is 18.0. The van der Waals surface area contributed by atoms with Crippen molar-refractivity contribution in [1.82, 2.24) is 4.90 Å². The van der Waals surface area contributed by atoms with Crippen molar-refractivity contribution in [3.8, 4) is 11.5 Å². The molecule has 0 spiro atoms. The standard InChI is InChI=1S/C25H19FN2O8S2/c1-15-7-9-18(13-20(15)28(31)32)38(33,34)36-21-10-8-16(11-22(21)35-2)12-23-24(29)27(25(30)37-23)14-17-5-3-4-6-19(17)26/h3-13H,14H2,1-2H3/b23-12-. The van der Waals surface area contributed by atoms with Gasteiger partial charge < -0.3 is 8.92 Å². The summed E-state index contributed by atoms with van der Waals surface area (Å²) in [5, 5.41) is 10.6. The van der Waals surface area contributed by atoms with Gasteiger partial charge in [-0.05, 0) is 54.6 Å². The summed E-state index contributed by atoms with van der Waals surface area (Å²) in [6, 6.07) is 13.3. The quantitative estimate of drug-likeness (QED) is 0.161. The summed E-state index contributed by atoms with van der Waals surface area (Å²) in [7, 11) is -3.18. The smallest absolute Gasteiger partial charge is 0.339 e. The molecule has 0 radical (unpaired) electrons. The Labute approximate surface area is 220 Å². The highest BCUT2D eigenvalue weighted by Crippen LogP contribution is 2.36. The normalized spacial score (nSPS) is 14.7. The summed E-state index contributed by atoms with van der Waals surface area (Å²) in [4.78, 5) is 36.3. The highest BCUT2D eigenvalue weighted by atomic mass is 32.2. The molecule has 4 rings (SSSR count). The number of thioether (sulfide) groups is 1. The summed E-state index contributed by atoms with van der Waals surface area (Å²) >= 11 is 0.685. The maximum Gasteiger partial charge on any atom is 0.339 e. The third kappa shape index (κ3) is 5.53. The van der Waals surface area contributed by atoms with E-state index >= 15 is 0 Å². The molecule has 1 aliphatic rings. The number of nitro groups is 1. The van der Waals surface area contributed by atoms with Crippen molar-refractivity contribution < 1.29 is 36.2 Å². The Hall–Kier alpha value is -4.23. The van der Waals surface area contributed by atoms with Crippen LogP contribution in [0.4, 0.5) is 14.9 Å². The van der Waals surface area contributed by atoms with Gasteiger partial charge in [-0.25, -0.2) is 4.39 Å². The number of hydrogen-bond donors (Lipinski definition) is 0. The first kappa shape index (κ1) is 26.8. The lowest BCUT2D eigenvalue weighted by molar-refractivity contribution is -0.385.